The van der Waals surface area contributed by atoms with Crippen molar-refractivity contribution in [3.05, 3.63) is 48.0 Å². The standard InChI is InChI=1S/C16H26N2O/c1-14(2)12-19-10-9-18-16(3,13-17)11-15-7-5-4-6-8-15/h4-8,18H,1,9-13,17H2,2-3H3. The van der Waals surface area contributed by atoms with Crippen LogP contribution < -0.4 is 11.1 Å². The number of hydrogen-bond acceptors (Lipinski definition) is 3. The molecular formula is C16H26N2O. The summed E-state index contributed by atoms with van der Waals surface area (Å²) >= 11 is 0. The van der Waals surface area contributed by atoms with Gasteiger partial charge in [0.15, 0.2) is 0 Å². The highest BCUT2D eigenvalue weighted by Gasteiger charge is 2.21. The SMILES string of the molecule is C=C(C)COCCNC(C)(CN)Cc1ccccc1. The van der Waals surface area contributed by atoms with Crippen LogP contribution in [0.2, 0.25) is 0 Å². The average Bonchev–Trinajstić information content (AvgIpc) is 2.39. The first kappa shape index (κ1) is 15.9. The van der Waals surface area contributed by atoms with E-state index in [9.17, 15) is 0 Å². The van der Waals surface area contributed by atoms with Crippen LogP contribution in [0.1, 0.15) is 19.4 Å². The maximum absolute atomic E-state index is 5.90. The van der Waals surface area contributed by atoms with Crippen LogP contribution in [0.15, 0.2) is 42.5 Å². The fraction of sp³-hybridized carbons (Fsp3) is 0.500. The van der Waals surface area contributed by atoms with Gasteiger partial charge in [0.2, 0.25) is 0 Å². The Labute approximate surface area is 116 Å². The fourth-order valence-electron chi connectivity index (χ4n) is 1.92. The summed E-state index contributed by atoms with van der Waals surface area (Å²) in [4.78, 5) is 0. The molecule has 1 unspecified atom stereocenters. The average molecular weight is 262 g/mol. The van der Waals surface area contributed by atoms with Crippen molar-refractivity contribution in [2.24, 2.45) is 5.73 Å². The number of nitrogens with two attached hydrogens (primary N) is 1. The Morgan fingerprint density at radius 1 is 1.37 bits per heavy atom. The van der Waals surface area contributed by atoms with Crippen LogP contribution >= 0.6 is 0 Å². The molecular weight excluding hydrogens is 236 g/mol. The topological polar surface area (TPSA) is 47.3 Å². The summed E-state index contributed by atoms with van der Waals surface area (Å²) in [6, 6.07) is 10.4. The summed E-state index contributed by atoms with van der Waals surface area (Å²) in [6.07, 6.45) is 0.921. The van der Waals surface area contributed by atoms with E-state index in [2.05, 4.69) is 43.1 Å². The Kier molecular flexibility index (Phi) is 6.78. The number of nitrogens with one attached hydrogen (secondary N) is 1. The molecule has 19 heavy (non-hydrogen) atoms. The second-order valence-corrected chi connectivity index (χ2v) is 5.36. The molecule has 0 amide bonds. The van der Waals surface area contributed by atoms with Gasteiger partial charge in [0, 0.05) is 18.6 Å². The minimum Gasteiger partial charge on any atom is -0.376 e. The minimum atomic E-state index is -0.0893. The Bertz CT molecular complexity index is 378. The second-order valence-electron chi connectivity index (χ2n) is 5.36. The lowest BCUT2D eigenvalue weighted by Gasteiger charge is -2.30. The summed E-state index contributed by atoms with van der Waals surface area (Å²) in [5, 5.41) is 3.49. The van der Waals surface area contributed by atoms with Crippen molar-refractivity contribution >= 4 is 0 Å². The molecule has 0 saturated heterocycles. The highest BCUT2D eigenvalue weighted by atomic mass is 16.5. The molecule has 1 aromatic carbocycles. The van der Waals surface area contributed by atoms with E-state index in [1.54, 1.807) is 0 Å². The smallest absolute Gasteiger partial charge is 0.0672 e. The van der Waals surface area contributed by atoms with Crippen molar-refractivity contribution in [1.82, 2.24) is 5.32 Å². The lowest BCUT2D eigenvalue weighted by atomic mass is 9.93. The van der Waals surface area contributed by atoms with E-state index in [4.69, 9.17) is 10.5 Å². The molecule has 3 N–H and O–H groups in total. The molecule has 3 nitrogen and oxygen atoms in total. The van der Waals surface area contributed by atoms with Crippen LogP contribution in [0.3, 0.4) is 0 Å². The largest absolute Gasteiger partial charge is 0.376 e. The molecule has 106 valence electrons. The first-order chi connectivity index (χ1) is 9.06. The van der Waals surface area contributed by atoms with Crippen LogP contribution in [0.5, 0.6) is 0 Å². The van der Waals surface area contributed by atoms with Gasteiger partial charge in [-0.3, -0.25) is 0 Å². The second kappa shape index (κ2) is 8.10. The van der Waals surface area contributed by atoms with Crippen molar-refractivity contribution < 1.29 is 4.74 Å². The Balaban J connectivity index is 2.36. The van der Waals surface area contributed by atoms with Gasteiger partial charge >= 0.3 is 0 Å². The van der Waals surface area contributed by atoms with Gasteiger partial charge in [0.25, 0.3) is 0 Å². The molecule has 3 heteroatoms. The van der Waals surface area contributed by atoms with Gasteiger partial charge in [-0.15, -0.1) is 0 Å². The monoisotopic (exact) mass is 262 g/mol. The third-order valence-electron chi connectivity index (χ3n) is 3.03. The molecule has 0 aliphatic rings. The number of ether oxygens (including phenoxy) is 1. The molecule has 1 rings (SSSR count). The van der Waals surface area contributed by atoms with Crippen molar-refractivity contribution in [1.29, 1.82) is 0 Å². The third-order valence-corrected chi connectivity index (χ3v) is 3.03. The van der Waals surface area contributed by atoms with E-state index in [-0.39, 0.29) is 5.54 Å². The highest BCUT2D eigenvalue weighted by molar-refractivity contribution is 5.17. The van der Waals surface area contributed by atoms with Gasteiger partial charge in [-0.1, -0.05) is 42.5 Å². The summed E-state index contributed by atoms with van der Waals surface area (Å²) in [6.45, 7) is 10.6. The zero-order valence-electron chi connectivity index (χ0n) is 12.1. The first-order valence-electron chi connectivity index (χ1n) is 6.77. The van der Waals surface area contributed by atoms with E-state index >= 15 is 0 Å². The summed E-state index contributed by atoms with van der Waals surface area (Å²) in [5.41, 5.74) is 8.16. The highest BCUT2D eigenvalue weighted by Crippen LogP contribution is 2.11. The Morgan fingerprint density at radius 2 is 2.05 bits per heavy atom. The Hall–Kier alpha value is -1.16. The van der Waals surface area contributed by atoms with Gasteiger partial charge in [-0.2, -0.15) is 0 Å². The molecule has 0 heterocycles. The molecule has 0 saturated carbocycles. The van der Waals surface area contributed by atoms with Gasteiger partial charge in [0.1, 0.15) is 0 Å². The maximum atomic E-state index is 5.90. The zero-order chi connectivity index (χ0) is 14.1. The van der Waals surface area contributed by atoms with E-state index in [1.165, 1.54) is 5.56 Å². The molecule has 0 fully saturated rings. The first-order valence-corrected chi connectivity index (χ1v) is 6.77. The number of rotatable bonds is 9. The molecule has 0 bridgehead atoms. The van der Waals surface area contributed by atoms with Crippen LogP contribution in [0.4, 0.5) is 0 Å². The molecule has 0 aliphatic carbocycles. The van der Waals surface area contributed by atoms with Crippen molar-refractivity contribution in [3.8, 4) is 0 Å². The van der Waals surface area contributed by atoms with Crippen molar-refractivity contribution in [3.63, 3.8) is 0 Å². The van der Waals surface area contributed by atoms with Crippen LogP contribution in [0, 0.1) is 0 Å². The van der Waals surface area contributed by atoms with Gasteiger partial charge < -0.3 is 15.8 Å². The summed E-state index contributed by atoms with van der Waals surface area (Å²) in [7, 11) is 0. The van der Waals surface area contributed by atoms with Crippen molar-refractivity contribution in [2.45, 2.75) is 25.8 Å². The maximum Gasteiger partial charge on any atom is 0.0672 e. The fourth-order valence-corrected chi connectivity index (χ4v) is 1.92. The van der Waals surface area contributed by atoms with Gasteiger partial charge in [0.05, 0.1) is 13.2 Å². The van der Waals surface area contributed by atoms with Crippen LogP contribution in [-0.4, -0.2) is 31.8 Å². The zero-order valence-corrected chi connectivity index (χ0v) is 12.1. The van der Waals surface area contributed by atoms with E-state index < -0.39 is 0 Å². The predicted molar refractivity (Wildman–Crippen MR) is 81.2 cm³/mol. The van der Waals surface area contributed by atoms with E-state index in [1.807, 2.05) is 13.0 Å². The molecule has 1 atom stereocenters. The minimum absolute atomic E-state index is 0.0893. The van der Waals surface area contributed by atoms with Crippen LogP contribution in [0.25, 0.3) is 0 Å². The summed E-state index contributed by atoms with van der Waals surface area (Å²) in [5.74, 6) is 0. The number of benzene rings is 1. The van der Waals surface area contributed by atoms with E-state index in [0.29, 0.717) is 19.8 Å². The molecule has 1 aromatic rings. The van der Waals surface area contributed by atoms with Crippen LogP contribution in [-0.2, 0) is 11.2 Å². The van der Waals surface area contributed by atoms with Gasteiger partial charge in [-0.25, -0.2) is 0 Å². The lowest BCUT2D eigenvalue weighted by molar-refractivity contribution is 0.149. The normalized spacial score (nSPS) is 14.1. The Morgan fingerprint density at radius 3 is 2.63 bits per heavy atom. The molecule has 0 aromatic heterocycles. The molecule has 0 spiro atoms. The van der Waals surface area contributed by atoms with Gasteiger partial charge in [-0.05, 0) is 25.8 Å². The third kappa shape index (κ3) is 6.53. The molecule has 0 radical (unpaired) electrons. The van der Waals surface area contributed by atoms with E-state index in [0.717, 1.165) is 18.5 Å². The summed E-state index contributed by atoms with van der Waals surface area (Å²) < 4.78 is 5.48. The quantitative estimate of drug-likeness (QED) is 0.529. The predicted octanol–water partition coefficient (Wildman–Crippen LogP) is 2.13. The number of hydrogen-bond donors (Lipinski definition) is 2. The lowest BCUT2D eigenvalue weighted by Crippen LogP contribution is -2.51. The molecule has 0 aliphatic heterocycles. The van der Waals surface area contributed by atoms with Crippen molar-refractivity contribution in [2.75, 3.05) is 26.3 Å².